The van der Waals surface area contributed by atoms with Crippen LogP contribution in [0.25, 0.3) is 22.0 Å². The third-order valence-electron chi connectivity index (χ3n) is 5.45. The SMILES string of the molecule is CCCCCCc1ccc2nc(N(C)CC(=O)O)c(C)c(-c3ccc(F)cc3)c2c1. The summed E-state index contributed by atoms with van der Waals surface area (Å²) in [5.41, 5.74) is 4.83. The van der Waals surface area contributed by atoms with E-state index in [1.54, 1.807) is 24.1 Å². The van der Waals surface area contributed by atoms with Gasteiger partial charge in [0.15, 0.2) is 0 Å². The number of carbonyl (C=O) groups is 1. The lowest BCUT2D eigenvalue weighted by molar-refractivity contribution is -0.135. The molecule has 158 valence electrons. The molecule has 0 amide bonds. The minimum absolute atomic E-state index is 0.141. The van der Waals surface area contributed by atoms with Crippen molar-refractivity contribution in [3.05, 3.63) is 59.4 Å². The molecule has 0 atom stereocenters. The summed E-state index contributed by atoms with van der Waals surface area (Å²) in [7, 11) is 1.73. The molecule has 1 N–H and O–H groups in total. The highest BCUT2D eigenvalue weighted by Gasteiger charge is 2.18. The summed E-state index contributed by atoms with van der Waals surface area (Å²) < 4.78 is 13.5. The van der Waals surface area contributed by atoms with Crippen LogP contribution < -0.4 is 4.90 Å². The quantitative estimate of drug-likeness (QED) is 0.442. The molecule has 1 aromatic heterocycles. The van der Waals surface area contributed by atoms with Crippen LogP contribution in [-0.4, -0.2) is 29.7 Å². The van der Waals surface area contributed by atoms with Crippen molar-refractivity contribution in [3.63, 3.8) is 0 Å². The molecular weight excluding hydrogens is 379 g/mol. The number of pyridine rings is 1. The number of halogens is 1. The first-order valence-electron chi connectivity index (χ1n) is 10.5. The molecule has 0 aliphatic heterocycles. The molecular formula is C25H29FN2O2. The van der Waals surface area contributed by atoms with E-state index in [0.29, 0.717) is 5.82 Å². The minimum atomic E-state index is -0.912. The number of hydrogen-bond donors (Lipinski definition) is 1. The molecule has 0 aliphatic carbocycles. The zero-order valence-electron chi connectivity index (χ0n) is 17.9. The lowest BCUT2D eigenvalue weighted by Gasteiger charge is -2.22. The van der Waals surface area contributed by atoms with E-state index in [1.165, 1.54) is 37.0 Å². The minimum Gasteiger partial charge on any atom is -0.480 e. The molecule has 3 aromatic rings. The van der Waals surface area contributed by atoms with E-state index in [1.807, 2.05) is 13.0 Å². The van der Waals surface area contributed by atoms with Gasteiger partial charge in [0.05, 0.1) is 5.52 Å². The van der Waals surface area contributed by atoms with Crippen molar-refractivity contribution < 1.29 is 14.3 Å². The maximum atomic E-state index is 13.5. The first-order valence-corrected chi connectivity index (χ1v) is 10.5. The maximum Gasteiger partial charge on any atom is 0.323 e. The van der Waals surface area contributed by atoms with Gasteiger partial charge in [-0.3, -0.25) is 4.79 Å². The van der Waals surface area contributed by atoms with E-state index in [0.717, 1.165) is 40.4 Å². The second-order valence-electron chi connectivity index (χ2n) is 7.85. The Morgan fingerprint density at radius 1 is 1.10 bits per heavy atom. The fourth-order valence-corrected chi connectivity index (χ4v) is 3.94. The Labute approximate surface area is 177 Å². The van der Waals surface area contributed by atoms with E-state index in [2.05, 4.69) is 19.1 Å². The van der Waals surface area contributed by atoms with Crippen molar-refractivity contribution >= 4 is 22.7 Å². The summed E-state index contributed by atoms with van der Waals surface area (Å²) in [5.74, 6) is -0.570. The Balaban J connectivity index is 2.13. The summed E-state index contributed by atoms with van der Waals surface area (Å²) >= 11 is 0. The number of fused-ring (bicyclic) bond motifs is 1. The van der Waals surface area contributed by atoms with Crippen molar-refractivity contribution in [2.24, 2.45) is 0 Å². The second kappa shape index (κ2) is 9.70. The van der Waals surface area contributed by atoms with Gasteiger partial charge in [-0.2, -0.15) is 0 Å². The van der Waals surface area contributed by atoms with E-state index in [4.69, 9.17) is 4.98 Å². The molecule has 4 nitrogen and oxygen atoms in total. The van der Waals surface area contributed by atoms with Gasteiger partial charge in [-0.05, 0) is 60.7 Å². The number of rotatable bonds is 9. The molecule has 5 heteroatoms. The molecule has 3 rings (SSSR count). The van der Waals surface area contributed by atoms with Gasteiger partial charge >= 0.3 is 5.97 Å². The number of aromatic nitrogens is 1. The smallest absolute Gasteiger partial charge is 0.323 e. The highest BCUT2D eigenvalue weighted by molar-refractivity contribution is 5.99. The molecule has 2 aromatic carbocycles. The summed E-state index contributed by atoms with van der Waals surface area (Å²) in [6.07, 6.45) is 5.83. The van der Waals surface area contributed by atoms with Gasteiger partial charge in [0, 0.05) is 18.0 Å². The van der Waals surface area contributed by atoms with Gasteiger partial charge in [0.2, 0.25) is 0 Å². The zero-order valence-corrected chi connectivity index (χ0v) is 17.9. The van der Waals surface area contributed by atoms with Gasteiger partial charge in [0.1, 0.15) is 18.2 Å². The van der Waals surface area contributed by atoms with Gasteiger partial charge in [0.25, 0.3) is 0 Å². The number of likely N-dealkylation sites (N-methyl/N-ethyl adjacent to an activating group) is 1. The van der Waals surface area contributed by atoms with Crippen molar-refractivity contribution in [1.29, 1.82) is 0 Å². The first-order chi connectivity index (χ1) is 14.4. The average Bonchev–Trinajstić information content (AvgIpc) is 2.71. The summed E-state index contributed by atoms with van der Waals surface area (Å²) in [4.78, 5) is 17.6. The topological polar surface area (TPSA) is 53.4 Å². The largest absolute Gasteiger partial charge is 0.480 e. The summed E-state index contributed by atoms with van der Waals surface area (Å²) in [6.45, 7) is 4.02. The second-order valence-corrected chi connectivity index (χ2v) is 7.85. The average molecular weight is 409 g/mol. The fourth-order valence-electron chi connectivity index (χ4n) is 3.94. The Morgan fingerprint density at radius 2 is 1.83 bits per heavy atom. The number of anilines is 1. The number of unbranched alkanes of at least 4 members (excludes halogenated alkanes) is 3. The fraction of sp³-hybridized carbons (Fsp3) is 0.360. The Hall–Kier alpha value is -2.95. The Bertz CT molecular complexity index is 1030. The first kappa shape index (κ1) is 21.8. The van der Waals surface area contributed by atoms with Gasteiger partial charge in [-0.1, -0.05) is 44.4 Å². The van der Waals surface area contributed by atoms with Crippen molar-refractivity contribution in [2.75, 3.05) is 18.5 Å². The molecule has 0 saturated carbocycles. The van der Waals surface area contributed by atoms with E-state index in [-0.39, 0.29) is 12.4 Å². The number of nitrogens with zero attached hydrogens (tertiary/aromatic N) is 2. The van der Waals surface area contributed by atoms with Crippen LogP contribution in [0.15, 0.2) is 42.5 Å². The maximum absolute atomic E-state index is 13.5. The monoisotopic (exact) mass is 408 g/mol. The number of aliphatic carboxylic acids is 1. The summed E-state index contributed by atoms with van der Waals surface area (Å²) in [5, 5.41) is 10.2. The molecule has 0 fully saturated rings. The molecule has 1 heterocycles. The van der Waals surface area contributed by atoms with Crippen LogP contribution in [0.3, 0.4) is 0 Å². The van der Waals surface area contributed by atoms with Crippen molar-refractivity contribution in [2.45, 2.75) is 46.0 Å². The molecule has 0 spiro atoms. The van der Waals surface area contributed by atoms with Crippen LogP contribution >= 0.6 is 0 Å². The highest BCUT2D eigenvalue weighted by atomic mass is 19.1. The number of hydrogen-bond acceptors (Lipinski definition) is 3. The number of carboxylic acid groups (broad SMARTS) is 1. The molecule has 0 unspecified atom stereocenters. The van der Waals surface area contributed by atoms with Crippen LogP contribution in [0.4, 0.5) is 10.2 Å². The van der Waals surface area contributed by atoms with Crippen LogP contribution in [-0.2, 0) is 11.2 Å². The number of carboxylic acids is 1. The Kier molecular flexibility index (Phi) is 7.03. The predicted octanol–water partition coefficient (Wildman–Crippen LogP) is 5.99. The van der Waals surface area contributed by atoms with E-state index >= 15 is 0 Å². The standard InChI is InChI=1S/C25H29FN2O2/c1-4-5-6-7-8-18-9-14-22-21(15-18)24(19-10-12-20(26)13-11-19)17(2)25(27-22)28(3)16-23(29)30/h9-15H,4-8,16H2,1-3H3,(H,29,30). The van der Waals surface area contributed by atoms with Crippen LogP contribution in [0, 0.1) is 12.7 Å². The molecule has 0 radical (unpaired) electrons. The third kappa shape index (κ3) is 4.96. The number of benzene rings is 2. The van der Waals surface area contributed by atoms with E-state index in [9.17, 15) is 14.3 Å². The van der Waals surface area contributed by atoms with Gasteiger partial charge in [-0.25, -0.2) is 9.37 Å². The van der Waals surface area contributed by atoms with Crippen LogP contribution in [0.2, 0.25) is 0 Å². The zero-order chi connectivity index (χ0) is 21.7. The van der Waals surface area contributed by atoms with Crippen molar-refractivity contribution in [1.82, 2.24) is 4.98 Å². The van der Waals surface area contributed by atoms with Gasteiger partial charge in [-0.15, -0.1) is 0 Å². The predicted molar refractivity (Wildman–Crippen MR) is 121 cm³/mol. The Morgan fingerprint density at radius 3 is 2.50 bits per heavy atom. The summed E-state index contributed by atoms with van der Waals surface area (Å²) in [6, 6.07) is 12.7. The molecule has 0 bridgehead atoms. The highest BCUT2D eigenvalue weighted by Crippen LogP contribution is 2.36. The third-order valence-corrected chi connectivity index (χ3v) is 5.45. The van der Waals surface area contributed by atoms with Crippen molar-refractivity contribution in [3.8, 4) is 11.1 Å². The number of aryl methyl sites for hydroxylation is 1. The molecule has 0 aliphatic rings. The lowest BCUT2D eigenvalue weighted by atomic mass is 9.94. The normalized spacial score (nSPS) is 11.1. The lowest BCUT2D eigenvalue weighted by Crippen LogP contribution is -2.26. The van der Waals surface area contributed by atoms with E-state index < -0.39 is 5.97 Å². The van der Waals surface area contributed by atoms with Crippen LogP contribution in [0.1, 0.15) is 43.7 Å². The van der Waals surface area contributed by atoms with Gasteiger partial charge < -0.3 is 10.0 Å². The van der Waals surface area contributed by atoms with Crippen LogP contribution in [0.5, 0.6) is 0 Å². The molecule has 0 saturated heterocycles. The molecule has 30 heavy (non-hydrogen) atoms.